The molecule has 0 bridgehead atoms. The molecule has 0 N–H and O–H groups in total. The third-order valence-electron chi connectivity index (χ3n) is 9.76. The Morgan fingerprint density at radius 1 is 0.692 bits per heavy atom. The maximum absolute atomic E-state index is 12.9. The molecule has 0 aliphatic heterocycles. The average Bonchev–Trinajstić information content (AvgIpc) is 2.95. The number of carbonyl (C=O) groups excluding carboxylic acids is 2. The highest BCUT2D eigenvalue weighted by molar-refractivity contribution is 5.86. The van der Waals surface area contributed by atoms with Gasteiger partial charge in [0.2, 0.25) is 0 Å². The lowest BCUT2D eigenvalue weighted by molar-refractivity contribution is -0.158. The fourth-order valence-electron chi connectivity index (χ4n) is 7.13. The average molecular weight is 547 g/mol. The zero-order chi connectivity index (χ0) is 27.9. The lowest BCUT2D eigenvalue weighted by atomic mass is 9.70. The first kappa shape index (κ1) is 32.2. The van der Waals surface area contributed by atoms with Crippen molar-refractivity contribution in [3.8, 4) is 0 Å². The molecule has 0 saturated heterocycles. The van der Waals surface area contributed by atoms with Crippen molar-refractivity contribution in [2.24, 2.45) is 23.7 Å². The van der Waals surface area contributed by atoms with Crippen LogP contribution in [-0.2, 0) is 23.8 Å². The van der Waals surface area contributed by atoms with Crippen molar-refractivity contribution >= 4 is 11.9 Å². The standard InChI is InChI=1S/C34H58O5/c1-4-5-8-11-27-12-14-28(15-13-27)29-16-22-32(23-17-29)39-34(36)30-18-20-31(21-19-30)37-24-9-6-7-10-25-38-33(35)26(2)3/h27-32H,2,4-25H2,1,3H3. The molecule has 3 rings (SSSR count). The van der Waals surface area contributed by atoms with Crippen LogP contribution in [0.4, 0.5) is 0 Å². The third kappa shape index (κ3) is 12.0. The Bertz CT molecular complexity index is 709. The minimum absolute atomic E-state index is 0.0526. The quantitative estimate of drug-likeness (QED) is 0.110. The van der Waals surface area contributed by atoms with Gasteiger partial charge in [0.05, 0.1) is 18.6 Å². The largest absolute Gasteiger partial charge is 0.462 e. The molecule has 0 unspecified atom stereocenters. The van der Waals surface area contributed by atoms with Crippen molar-refractivity contribution in [2.45, 2.75) is 154 Å². The summed E-state index contributed by atoms with van der Waals surface area (Å²) in [6.07, 6.45) is 24.2. The summed E-state index contributed by atoms with van der Waals surface area (Å²) in [4.78, 5) is 24.2. The molecular weight excluding hydrogens is 488 g/mol. The molecule has 0 aromatic carbocycles. The summed E-state index contributed by atoms with van der Waals surface area (Å²) in [7, 11) is 0. The van der Waals surface area contributed by atoms with Gasteiger partial charge in [0, 0.05) is 12.2 Å². The van der Waals surface area contributed by atoms with E-state index in [1.165, 1.54) is 64.2 Å². The Labute approximate surface area is 239 Å². The van der Waals surface area contributed by atoms with Crippen LogP contribution in [0.5, 0.6) is 0 Å². The molecule has 39 heavy (non-hydrogen) atoms. The van der Waals surface area contributed by atoms with E-state index in [0.29, 0.717) is 12.2 Å². The van der Waals surface area contributed by atoms with Crippen molar-refractivity contribution in [3.05, 3.63) is 12.2 Å². The maximum Gasteiger partial charge on any atom is 0.333 e. The molecule has 5 nitrogen and oxygen atoms in total. The third-order valence-corrected chi connectivity index (χ3v) is 9.76. The predicted molar refractivity (Wildman–Crippen MR) is 157 cm³/mol. The highest BCUT2D eigenvalue weighted by Crippen LogP contribution is 2.42. The second-order valence-electron chi connectivity index (χ2n) is 12.9. The van der Waals surface area contributed by atoms with Crippen LogP contribution in [0, 0.1) is 23.7 Å². The summed E-state index contributed by atoms with van der Waals surface area (Å²) in [5.41, 5.74) is 0.453. The van der Waals surface area contributed by atoms with E-state index in [1.54, 1.807) is 6.92 Å². The molecule has 0 amide bonds. The minimum atomic E-state index is -0.300. The van der Waals surface area contributed by atoms with Gasteiger partial charge in [-0.3, -0.25) is 4.79 Å². The summed E-state index contributed by atoms with van der Waals surface area (Å²) in [6, 6.07) is 0. The molecule has 0 radical (unpaired) electrons. The molecule has 0 atom stereocenters. The highest BCUT2D eigenvalue weighted by Gasteiger charge is 2.34. The molecule has 3 aliphatic carbocycles. The lowest BCUT2D eigenvalue weighted by Gasteiger charge is -2.38. The zero-order valence-electron chi connectivity index (χ0n) is 25.3. The van der Waals surface area contributed by atoms with E-state index in [9.17, 15) is 9.59 Å². The molecule has 0 aromatic rings. The van der Waals surface area contributed by atoms with Gasteiger partial charge in [0.25, 0.3) is 0 Å². The van der Waals surface area contributed by atoms with Gasteiger partial charge in [0.1, 0.15) is 6.10 Å². The topological polar surface area (TPSA) is 61.8 Å². The SMILES string of the molecule is C=C(C)C(=O)OCCCCCCOC1CCC(C(=O)OC2CCC(C3CCC(CCCCC)CC3)CC2)CC1. The number of hydrogen-bond acceptors (Lipinski definition) is 5. The second kappa shape index (κ2) is 18.1. The van der Waals surface area contributed by atoms with Crippen LogP contribution in [0.3, 0.4) is 0 Å². The van der Waals surface area contributed by atoms with E-state index in [1.807, 2.05) is 0 Å². The van der Waals surface area contributed by atoms with Gasteiger partial charge in [-0.15, -0.1) is 0 Å². The molecule has 0 aromatic heterocycles. The van der Waals surface area contributed by atoms with Crippen LogP contribution >= 0.6 is 0 Å². The smallest absolute Gasteiger partial charge is 0.333 e. The summed E-state index contributed by atoms with van der Waals surface area (Å²) < 4.78 is 17.2. The fourth-order valence-corrected chi connectivity index (χ4v) is 7.13. The molecule has 3 saturated carbocycles. The van der Waals surface area contributed by atoms with Crippen molar-refractivity contribution in [2.75, 3.05) is 13.2 Å². The van der Waals surface area contributed by atoms with Crippen molar-refractivity contribution in [1.82, 2.24) is 0 Å². The summed E-state index contributed by atoms with van der Waals surface area (Å²) in [6.45, 7) is 8.80. The molecule has 5 heteroatoms. The Balaban J connectivity index is 1.18. The molecule has 3 fully saturated rings. The number of hydrogen-bond donors (Lipinski definition) is 0. The van der Waals surface area contributed by atoms with Crippen LogP contribution in [0.25, 0.3) is 0 Å². The van der Waals surface area contributed by atoms with Crippen molar-refractivity contribution in [3.63, 3.8) is 0 Å². The lowest BCUT2D eigenvalue weighted by Crippen LogP contribution is -2.33. The molecule has 0 spiro atoms. The first-order valence-corrected chi connectivity index (χ1v) is 16.6. The molecule has 0 heterocycles. The summed E-state index contributed by atoms with van der Waals surface area (Å²) in [5, 5.41) is 0. The number of carbonyl (C=O) groups is 2. The molecule has 3 aliphatic rings. The second-order valence-corrected chi connectivity index (χ2v) is 12.9. The van der Waals surface area contributed by atoms with E-state index in [2.05, 4.69) is 13.5 Å². The van der Waals surface area contributed by atoms with Gasteiger partial charge in [0.15, 0.2) is 0 Å². The number of unbranched alkanes of at least 4 members (excludes halogenated alkanes) is 5. The maximum atomic E-state index is 12.9. The summed E-state index contributed by atoms with van der Waals surface area (Å²) >= 11 is 0. The Kier molecular flexibility index (Phi) is 15.0. The Hall–Kier alpha value is -1.36. The van der Waals surface area contributed by atoms with E-state index in [4.69, 9.17) is 14.2 Å². The van der Waals surface area contributed by atoms with Gasteiger partial charge in [-0.25, -0.2) is 4.79 Å². The van der Waals surface area contributed by atoms with Gasteiger partial charge in [-0.05, 0) is 108 Å². The first-order chi connectivity index (χ1) is 19.0. The normalized spacial score (nSPS) is 29.5. The van der Waals surface area contributed by atoms with Crippen molar-refractivity contribution < 1.29 is 23.8 Å². The van der Waals surface area contributed by atoms with Crippen LogP contribution < -0.4 is 0 Å². The number of esters is 2. The Morgan fingerprint density at radius 3 is 1.90 bits per heavy atom. The van der Waals surface area contributed by atoms with Crippen LogP contribution in [-0.4, -0.2) is 37.4 Å². The van der Waals surface area contributed by atoms with E-state index in [0.717, 1.165) is 88.6 Å². The monoisotopic (exact) mass is 546 g/mol. The van der Waals surface area contributed by atoms with Gasteiger partial charge < -0.3 is 14.2 Å². The number of rotatable bonds is 16. The molecular formula is C34H58O5. The van der Waals surface area contributed by atoms with E-state index in [-0.39, 0.29) is 30.1 Å². The van der Waals surface area contributed by atoms with E-state index < -0.39 is 0 Å². The van der Waals surface area contributed by atoms with Crippen LogP contribution in [0.15, 0.2) is 12.2 Å². The fraction of sp³-hybridized carbons (Fsp3) is 0.882. The van der Waals surface area contributed by atoms with Crippen molar-refractivity contribution in [1.29, 1.82) is 0 Å². The zero-order valence-corrected chi connectivity index (χ0v) is 25.3. The van der Waals surface area contributed by atoms with Crippen LogP contribution in [0.2, 0.25) is 0 Å². The predicted octanol–water partition coefficient (Wildman–Crippen LogP) is 8.73. The summed E-state index contributed by atoms with van der Waals surface area (Å²) in [5.74, 6) is 2.59. The van der Waals surface area contributed by atoms with Gasteiger partial charge in [-0.2, -0.15) is 0 Å². The Morgan fingerprint density at radius 2 is 1.28 bits per heavy atom. The van der Waals surface area contributed by atoms with Gasteiger partial charge >= 0.3 is 11.9 Å². The molecule has 224 valence electrons. The number of ether oxygens (including phenoxy) is 3. The van der Waals surface area contributed by atoms with E-state index >= 15 is 0 Å². The minimum Gasteiger partial charge on any atom is -0.462 e. The highest BCUT2D eigenvalue weighted by atomic mass is 16.5. The first-order valence-electron chi connectivity index (χ1n) is 16.6. The van der Waals surface area contributed by atoms with Gasteiger partial charge in [-0.1, -0.05) is 58.4 Å². The van der Waals surface area contributed by atoms with Crippen LogP contribution in [0.1, 0.15) is 142 Å².